The van der Waals surface area contributed by atoms with Crippen LogP contribution in [0.25, 0.3) is 0 Å². The Balaban J connectivity index is 1.46. The maximum atomic E-state index is 14.0. The predicted octanol–water partition coefficient (Wildman–Crippen LogP) is 4.08. The summed E-state index contributed by atoms with van der Waals surface area (Å²) in [5, 5.41) is 1.68. The van der Waals surface area contributed by atoms with E-state index in [0.717, 1.165) is 10.6 Å². The van der Waals surface area contributed by atoms with Crippen molar-refractivity contribution in [3.63, 3.8) is 0 Å². The van der Waals surface area contributed by atoms with Gasteiger partial charge in [0.2, 0.25) is 0 Å². The van der Waals surface area contributed by atoms with Crippen LogP contribution >= 0.6 is 7.14 Å². The first kappa shape index (κ1) is 19.4. The van der Waals surface area contributed by atoms with Gasteiger partial charge in [-0.2, -0.15) is 0 Å². The molecule has 3 aromatic rings. The molecule has 29 heavy (non-hydrogen) atoms. The van der Waals surface area contributed by atoms with Crippen LogP contribution in [0.15, 0.2) is 84.9 Å². The first-order valence-electron chi connectivity index (χ1n) is 9.77. The molecular formula is C24H22NO3P. The van der Waals surface area contributed by atoms with Crippen molar-refractivity contribution in [2.45, 2.75) is 12.8 Å². The van der Waals surface area contributed by atoms with Gasteiger partial charge in [-0.15, -0.1) is 0 Å². The monoisotopic (exact) mass is 403 g/mol. The van der Waals surface area contributed by atoms with Crippen molar-refractivity contribution >= 4 is 29.6 Å². The lowest BCUT2D eigenvalue weighted by Crippen LogP contribution is -2.31. The van der Waals surface area contributed by atoms with Gasteiger partial charge in [0.15, 0.2) is 0 Å². The predicted molar refractivity (Wildman–Crippen MR) is 116 cm³/mol. The number of hydrogen-bond acceptors (Lipinski definition) is 3. The molecule has 0 aromatic heterocycles. The third kappa shape index (κ3) is 3.68. The zero-order valence-corrected chi connectivity index (χ0v) is 16.9. The fourth-order valence-electron chi connectivity index (χ4n) is 3.79. The molecule has 0 unspecified atom stereocenters. The number of benzene rings is 3. The fourth-order valence-corrected chi connectivity index (χ4v) is 6.58. The van der Waals surface area contributed by atoms with Crippen LogP contribution in [-0.2, 0) is 4.57 Å². The molecular weight excluding hydrogens is 381 g/mol. The Morgan fingerprint density at radius 2 is 1.07 bits per heavy atom. The molecule has 1 heterocycles. The smallest absolute Gasteiger partial charge is 0.261 e. The summed E-state index contributed by atoms with van der Waals surface area (Å²) in [5.74, 6) is -0.472. The first-order chi connectivity index (χ1) is 14.1. The van der Waals surface area contributed by atoms with E-state index in [1.165, 1.54) is 4.90 Å². The number of imide groups is 1. The number of amides is 2. The van der Waals surface area contributed by atoms with Crippen LogP contribution < -0.4 is 10.6 Å². The number of carbonyl (C=O) groups excluding carboxylic acids is 2. The van der Waals surface area contributed by atoms with E-state index in [1.807, 2.05) is 60.7 Å². The molecule has 5 heteroatoms. The van der Waals surface area contributed by atoms with E-state index in [0.29, 0.717) is 36.7 Å². The normalized spacial score (nSPS) is 13.6. The van der Waals surface area contributed by atoms with Gasteiger partial charge in [0.1, 0.15) is 7.14 Å². The second-order valence-corrected chi connectivity index (χ2v) is 10.1. The zero-order chi connectivity index (χ0) is 20.3. The van der Waals surface area contributed by atoms with Crippen molar-refractivity contribution in [2.24, 2.45) is 0 Å². The zero-order valence-electron chi connectivity index (χ0n) is 16.0. The molecule has 0 bridgehead atoms. The van der Waals surface area contributed by atoms with Crippen molar-refractivity contribution in [1.29, 1.82) is 0 Å². The standard InChI is InChI=1S/C24H22NO3P/c26-23-21-15-7-8-16-22(21)24(27)25(23)17-9-10-18-29(28,19-11-3-1-4-12-19)20-13-5-2-6-14-20/h1-8,11-16H,9-10,17-18H2. The minimum absolute atomic E-state index is 0.236. The molecule has 1 aliphatic rings. The van der Waals surface area contributed by atoms with Crippen LogP contribution in [-0.4, -0.2) is 29.4 Å². The van der Waals surface area contributed by atoms with E-state index in [4.69, 9.17) is 0 Å². The number of fused-ring (bicyclic) bond motifs is 1. The summed E-state index contributed by atoms with van der Waals surface area (Å²) in [7, 11) is -2.76. The Morgan fingerprint density at radius 3 is 1.55 bits per heavy atom. The summed E-state index contributed by atoms with van der Waals surface area (Å²) in [6, 6.07) is 26.0. The van der Waals surface area contributed by atoms with E-state index in [2.05, 4.69) is 0 Å². The Morgan fingerprint density at radius 1 is 0.621 bits per heavy atom. The Bertz CT molecular complexity index is 1000. The molecule has 146 valence electrons. The molecule has 2 amide bonds. The number of carbonyl (C=O) groups is 2. The lowest BCUT2D eigenvalue weighted by Gasteiger charge is -2.20. The van der Waals surface area contributed by atoms with Crippen molar-refractivity contribution in [3.05, 3.63) is 96.1 Å². The van der Waals surface area contributed by atoms with Gasteiger partial charge in [0.25, 0.3) is 11.8 Å². The Labute approximate surface area is 170 Å². The highest BCUT2D eigenvalue weighted by atomic mass is 31.2. The third-order valence-corrected chi connectivity index (χ3v) is 8.54. The molecule has 4 nitrogen and oxygen atoms in total. The van der Waals surface area contributed by atoms with Gasteiger partial charge in [-0.25, -0.2) is 0 Å². The van der Waals surface area contributed by atoms with Crippen LogP contribution in [0.4, 0.5) is 0 Å². The molecule has 0 saturated carbocycles. The molecule has 0 fully saturated rings. The van der Waals surface area contributed by atoms with Crippen molar-refractivity contribution < 1.29 is 14.2 Å². The molecule has 0 spiro atoms. The molecule has 3 aromatic carbocycles. The second kappa shape index (κ2) is 8.18. The van der Waals surface area contributed by atoms with E-state index in [-0.39, 0.29) is 11.8 Å². The van der Waals surface area contributed by atoms with Gasteiger partial charge < -0.3 is 4.57 Å². The van der Waals surface area contributed by atoms with Crippen LogP contribution in [0.1, 0.15) is 33.6 Å². The van der Waals surface area contributed by atoms with Crippen molar-refractivity contribution in [3.8, 4) is 0 Å². The van der Waals surface area contributed by atoms with Gasteiger partial charge in [-0.3, -0.25) is 14.5 Å². The van der Waals surface area contributed by atoms with E-state index in [1.54, 1.807) is 24.3 Å². The number of unbranched alkanes of at least 4 members (excludes halogenated alkanes) is 1. The van der Waals surface area contributed by atoms with Crippen LogP contribution in [0.5, 0.6) is 0 Å². The van der Waals surface area contributed by atoms with Gasteiger partial charge in [-0.05, 0) is 25.0 Å². The summed E-state index contributed by atoms with van der Waals surface area (Å²) in [6.07, 6.45) is 1.79. The topological polar surface area (TPSA) is 54.5 Å². The minimum atomic E-state index is -2.76. The lowest BCUT2D eigenvalue weighted by molar-refractivity contribution is 0.0652. The fraction of sp³-hybridized carbons (Fsp3) is 0.167. The van der Waals surface area contributed by atoms with Gasteiger partial charge in [0, 0.05) is 23.3 Å². The van der Waals surface area contributed by atoms with Crippen LogP contribution in [0, 0.1) is 0 Å². The highest BCUT2D eigenvalue weighted by Crippen LogP contribution is 2.44. The highest BCUT2D eigenvalue weighted by molar-refractivity contribution is 7.78. The molecule has 0 saturated heterocycles. The number of hydrogen-bond donors (Lipinski definition) is 0. The number of rotatable bonds is 7. The summed E-state index contributed by atoms with van der Waals surface area (Å²) < 4.78 is 14.0. The van der Waals surface area contributed by atoms with E-state index < -0.39 is 7.14 Å². The minimum Gasteiger partial charge on any atom is -0.314 e. The molecule has 4 rings (SSSR count). The maximum absolute atomic E-state index is 14.0. The lowest BCUT2D eigenvalue weighted by atomic mass is 10.1. The SMILES string of the molecule is O=C1c2ccccc2C(=O)N1CCCCP(=O)(c1ccccc1)c1ccccc1. The largest absolute Gasteiger partial charge is 0.314 e. The number of nitrogens with zero attached hydrogens (tertiary/aromatic N) is 1. The summed E-state index contributed by atoms with van der Waals surface area (Å²) in [5.41, 5.74) is 0.938. The average Bonchev–Trinajstić information content (AvgIpc) is 3.02. The molecule has 1 aliphatic heterocycles. The van der Waals surface area contributed by atoms with Crippen molar-refractivity contribution in [1.82, 2.24) is 4.90 Å². The van der Waals surface area contributed by atoms with E-state index >= 15 is 0 Å². The summed E-state index contributed by atoms with van der Waals surface area (Å²) >= 11 is 0. The molecule has 0 aliphatic carbocycles. The average molecular weight is 403 g/mol. The maximum Gasteiger partial charge on any atom is 0.261 e. The van der Waals surface area contributed by atoms with Crippen LogP contribution in [0.2, 0.25) is 0 Å². The quantitative estimate of drug-likeness (QED) is 0.339. The first-order valence-corrected chi connectivity index (χ1v) is 11.7. The van der Waals surface area contributed by atoms with Crippen LogP contribution in [0.3, 0.4) is 0 Å². The Kier molecular flexibility index (Phi) is 5.46. The van der Waals surface area contributed by atoms with Crippen molar-refractivity contribution in [2.75, 3.05) is 12.7 Å². The summed E-state index contributed by atoms with van der Waals surface area (Å²) in [4.78, 5) is 26.3. The third-order valence-electron chi connectivity index (χ3n) is 5.33. The van der Waals surface area contributed by atoms with E-state index in [9.17, 15) is 14.2 Å². The van der Waals surface area contributed by atoms with Gasteiger partial charge in [0.05, 0.1) is 11.1 Å². The molecule has 0 atom stereocenters. The second-order valence-electron chi connectivity index (χ2n) is 7.15. The van der Waals surface area contributed by atoms with Gasteiger partial charge >= 0.3 is 0 Å². The Hall–Kier alpha value is -2.97. The highest BCUT2D eigenvalue weighted by Gasteiger charge is 2.34. The van der Waals surface area contributed by atoms with Gasteiger partial charge in [-0.1, -0.05) is 72.8 Å². The summed E-state index contributed by atoms with van der Waals surface area (Å²) in [6.45, 7) is 0.343. The molecule has 0 N–H and O–H groups in total. The molecule has 0 radical (unpaired) electrons.